The lowest BCUT2D eigenvalue weighted by atomic mass is 10.1. The molecule has 0 atom stereocenters. The number of hydrogen-bond acceptors (Lipinski definition) is 2. The van der Waals surface area contributed by atoms with Crippen LogP contribution in [0.3, 0.4) is 0 Å². The molecule has 0 spiro atoms. The molecule has 0 bridgehead atoms. The predicted molar refractivity (Wildman–Crippen MR) is 88.9 cm³/mol. The zero-order chi connectivity index (χ0) is 16.0. The van der Waals surface area contributed by atoms with E-state index in [-0.39, 0.29) is 5.91 Å². The summed E-state index contributed by atoms with van der Waals surface area (Å²) in [4.78, 5) is 12.2. The fraction of sp³-hybridized carbons (Fsp3) is 0.389. The average Bonchev–Trinajstić information content (AvgIpc) is 2.46. The molecule has 1 rings (SSSR count). The van der Waals surface area contributed by atoms with Crippen molar-refractivity contribution in [2.24, 2.45) is 0 Å². The summed E-state index contributed by atoms with van der Waals surface area (Å²) in [6, 6.07) is 4.05. The molecule has 1 amide bonds. The zero-order valence-electron chi connectivity index (χ0n) is 13.8. The lowest BCUT2D eigenvalue weighted by Crippen LogP contribution is -2.14. The molecule has 1 aromatic rings. The van der Waals surface area contributed by atoms with Crippen LogP contribution in [0, 0.1) is 6.92 Å². The van der Waals surface area contributed by atoms with Crippen LogP contribution in [-0.4, -0.2) is 13.0 Å². The van der Waals surface area contributed by atoms with Gasteiger partial charge in [0.25, 0.3) is 5.91 Å². The minimum absolute atomic E-state index is 0.113. The van der Waals surface area contributed by atoms with Crippen molar-refractivity contribution in [2.75, 3.05) is 12.4 Å². The Hall–Kier alpha value is -2.03. The maximum Gasteiger partial charge on any atom is 0.251 e. The molecule has 0 aliphatic heterocycles. The lowest BCUT2D eigenvalue weighted by molar-refractivity contribution is -0.112. The van der Waals surface area contributed by atoms with Crippen molar-refractivity contribution in [1.29, 1.82) is 0 Å². The Kier molecular flexibility index (Phi) is 6.22. The Morgan fingerprint density at radius 2 is 1.90 bits per heavy atom. The van der Waals surface area contributed by atoms with Crippen molar-refractivity contribution in [1.82, 2.24) is 0 Å². The van der Waals surface area contributed by atoms with E-state index in [9.17, 15) is 4.79 Å². The van der Waals surface area contributed by atoms with Gasteiger partial charge in [0.15, 0.2) is 0 Å². The molecule has 0 radical (unpaired) electrons. The number of nitrogens with one attached hydrogen (secondary N) is 1. The highest BCUT2D eigenvalue weighted by molar-refractivity contribution is 6.04. The van der Waals surface area contributed by atoms with Crippen LogP contribution in [0.1, 0.15) is 38.8 Å². The maximum absolute atomic E-state index is 12.2. The first kappa shape index (κ1) is 17.0. The molecule has 0 aromatic heterocycles. The van der Waals surface area contributed by atoms with Gasteiger partial charge in [0.2, 0.25) is 0 Å². The van der Waals surface area contributed by atoms with Crippen LogP contribution in [-0.2, 0) is 11.2 Å². The SMILES string of the molecule is CCc1cc(C)c(NC(=O)/C(C)=C/C=C(C)C)c(OC)c1. The fourth-order valence-electron chi connectivity index (χ4n) is 1.93. The van der Waals surface area contributed by atoms with Gasteiger partial charge in [-0.25, -0.2) is 0 Å². The van der Waals surface area contributed by atoms with Gasteiger partial charge in [-0.3, -0.25) is 4.79 Å². The highest BCUT2D eigenvalue weighted by Gasteiger charge is 2.12. The first-order chi connectivity index (χ1) is 9.88. The van der Waals surface area contributed by atoms with E-state index in [1.165, 1.54) is 5.56 Å². The third-order valence-electron chi connectivity index (χ3n) is 3.25. The van der Waals surface area contributed by atoms with Gasteiger partial charge in [0, 0.05) is 5.57 Å². The van der Waals surface area contributed by atoms with Crippen LogP contribution in [0.25, 0.3) is 0 Å². The van der Waals surface area contributed by atoms with Gasteiger partial charge < -0.3 is 10.1 Å². The molecule has 1 aromatic carbocycles. The van der Waals surface area contributed by atoms with Crippen LogP contribution in [0.2, 0.25) is 0 Å². The number of allylic oxidation sites excluding steroid dienone is 3. The molecule has 0 saturated heterocycles. The Morgan fingerprint density at radius 1 is 1.24 bits per heavy atom. The molecule has 0 unspecified atom stereocenters. The summed E-state index contributed by atoms with van der Waals surface area (Å²) in [6.07, 6.45) is 4.69. The number of ether oxygens (including phenoxy) is 1. The number of carbonyl (C=O) groups excluding carboxylic acids is 1. The molecule has 0 fully saturated rings. The van der Waals surface area contributed by atoms with Gasteiger partial charge in [0.05, 0.1) is 12.8 Å². The second-order valence-corrected chi connectivity index (χ2v) is 5.39. The van der Waals surface area contributed by atoms with Crippen molar-refractivity contribution in [2.45, 2.75) is 41.0 Å². The van der Waals surface area contributed by atoms with Gasteiger partial charge in [-0.05, 0) is 51.3 Å². The Balaban J connectivity index is 3.05. The van der Waals surface area contributed by atoms with Crippen LogP contribution >= 0.6 is 0 Å². The minimum Gasteiger partial charge on any atom is -0.495 e. The first-order valence-corrected chi connectivity index (χ1v) is 7.19. The van der Waals surface area contributed by atoms with Gasteiger partial charge in [-0.1, -0.05) is 30.7 Å². The van der Waals surface area contributed by atoms with E-state index in [0.29, 0.717) is 11.3 Å². The Morgan fingerprint density at radius 3 is 2.43 bits per heavy atom. The van der Waals surface area contributed by atoms with Crippen LogP contribution in [0.15, 0.2) is 35.4 Å². The van der Waals surface area contributed by atoms with E-state index in [1.54, 1.807) is 14.0 Å². The molecule has 21 heavy (non-hydrogen) atoms. The molecule has 0 heterocycles. The van der Waals surface area contributed by atoms with E-state index in [1.807, 2.05) is 39.0 Å². The summed E-state index contributed by atoms with van der Waals surface area (Å²) in [5.41, 5.74) is 4.76. The number of aryl methyl sites for hydroxylation is 2. The summed E-state index contributed by atoms with van der Waals surface area (Å²) in [6.45, 7) is 9.87. The summed E-state index contributed by atoms with van der Waals surface area (Å²) >= 11 is 0. The molecule has 3 nitrogen and oxygen atoms in total. The normalized spacial score (nSPS) is 11.0. The van der Waals surface area contributed by atoms with Gasteiger partial charge in [-0.15, -0.1) is 0 Å². The number of rotatable bonds is 5. The highest BCUT2D eigenvalue weighted by atomic mass is 16.5. The number of methoxy groups -OCH3 is 1. The highest BCUT2D eigenvalue weighted by Crippen LogP contribution is 2.30. The van der Waals surface area contributed by atoms with Crippen molar-refractivity contribution in [3.63, 3.8) is 0 Å². The first-order valence-electron chi connectivity index (χ1n) is 7.19. The van der Waals surface area contributed by atoms with Crippen molar-refractivity contribution in [3.05, 3.63) is 46.6 Å². The number of anilines is 1. The van der Waals surface area contributed by atoms with Gasteiger partial charge in [-0.2, -0.15) is 0 Å². The summed E-state index contributed by atoms with van der Waals surface area (Å²) in [7, 11) is 1.62. The van der Waals surface area contributed by atoms with Crippen LogP contribution < -0.4 is 10.1 Å². The van der Waals surface area contributed by atoms with E-state index < -0.39 is 0 Å². The fourth-order valence-corrected chi connectivity index (χ4v) is 1.93. The topological polar surface area (TPSA) is 38.3 Å². The lowest BCUT2D eigenvalue weighted by Gasteiger charge is -2.15. The molecule has 1 N–H and O–H groups in total. The zero-order valence-corrected chi connectivity index (χ0v) is 13.8. The average molecular weight is 287 g/mol. The molecular formula is C18H25NO2. The van der Waals surface area contributed by atoms with Gasteiger partial charge >= 0.3 is 0 Å². The van der Waals surface area contributed by atoms with E-state index in [4.69, 9.17) is 4.74 Å². The molecule has 0 aliphatic carbocycles. The third-order valence-corrected chi connectivity index (χ3v) is 3.25. The number of benzene rings is 1. The predicted octanol–water partition coefficient (Wildman–Crippen LogP) is 4.42. The number of carbonyl (C=O) groups is 1. The van der Waals surface area contributed by atoms with Crippen LogP contribution in [0.5, 0.6) is 5.75 Å². The van der Waals surface area contributed by atoms with Crippen molar-refractivity contribution in [3.8, 4) is 5.75 Å². The monoisotopic (exact) mass is 287 g/mol. The smallest absolute Gasteiger partial charge is 0.251 e. The molecular weight excluding hydrogens is 262 g/mol. The van der Waals surface area contributed by atoms with E-state index in [2.05, 4.69) is 18.3 Å². The minimum atomic E-state index is -0.113. The van der Waals surface area contributed by atoms with Crippen molar-refractivity contribution >= 4 is 11.6 Å². The quantitative estimate of drug-likeness (QED) is 0.643. The van der Waals surface area contributed by atoms with Crippen molar-refractivity contribution < 1.29 is 9.53 Å². The molecule has 0 saturated carbocycles. The number of amides is 1. The second kappa shape index (κ2) is 7.67. The molecule has 0 aliphatic rings. The Bertz CT molecular complexity index is 579. The number of hydrogen-bond donors (Lipinski definition) is 1. The summed E-state index contributed by atoms with van der Waals surface area (Å²) in [5.74, 6) is 0.591. The standard InChI is InChI=1S/C18H25NO2/c1-7-15-10-14(5)17(16(11-15)21-6)19-18(20)13(4)9-8-12(2)3/h8-11H,7H2,1-6H3,(H,19,20)/b13-9+. The van der Waals surface area contributed by atoms with E-state index in [0.717, 1.165) is 23.2 Å². The van der Waals surface area contributed by atoms with Gasteiger partial charge in [0.1, 0.15) is 5.75 Å². The Labute approximate surface area is 127 Å². The van der Waals surface area contributed by atoms with E-state index >= 15 is 0 Å². The summed E-state index contributed by atoms with van der Waals surface area (Å²) in [5, 5.41) is 2.94. The summed E-state index contributed by atoms with van der Waals surface area (Å²) < 4.78 is 5.40. The largest absolute Gasteiger partial charge is 0.495 e. The molecule has 3 heteroatoms. The van der Waals surface area contributed by atoms with Crippen LogP contribution in [0.4, 0.5) is 5.69 Å². The maximum atomic E-state index is 12.2. The third kappa shape index (κ3) is 4.78. The second-order valence-electron chi connectivity index (χ2n) is 5.39. The molecule has 114 valence electrons.